The summed E-state index contributed by atoms with van der Waals surface area (Å²) in [7, 11) is 0. The topological polar surface area (TPSA) is 8.17 Å². The van der Waals surface area contributed by atoms with Gasteiger partial charge in [0.1, 0.15) is 0 Å². The zero-order chi connectivity index (χ0) is 37.8. The van der Waals surface area contributed by atoms with Crippen molar-refractivity contribution in [2.75, 3.05) is 4.90 Å². The van der Waals surface area contributed by atoms with Crippen molar-refractivity contribution in [3.05, 3.63) is 204 Å². The van der Waals surface area contributed by atoms with Crippen LogP contribution in [0, 0.1) is 0 Å². The lowest BCUT2D eigenvalue weighted by Gasteiger charge is -2.33. The zero-order valence-corrected chi connectivity index (χ0v) is 32.2. The number of para-hydroxylation sites is 2. The second-order valence-electron chi connectivity index (χ2n) is 16.6. The van der Waals surface area contributed by atoms with Crippen molar-refractivity contribution in [3.8, 4) is 39.1 Å². The Morgan fingerprint density at radius 2 is 1.00 bits per heavy atom. The van der Waals surface area contributed by atoms with Crippen LogP contribution in [0.2, 0.25) is 0 Å². The van der Waals surface area contributed by atoms with E-state index in [4.69, 9.17) is 0 Å². The SMILES string of the molecule is CC1(C)c2ccccc2-c2ccc(N(c3cccc(-c4ccc5c(c4)c4ccccc4n5-c4ccccc4)c3)c3cccc4c3C(C)(C)c3ccccc3-4)cc21. The van der Waals surface area contributed by atoms with Gasteiger partial charge in [0, 0.05) is 38.7 Å². The maximum absolute atomic E-state index is 2.52. The molecule has 1 heterocycles. The lowest BCUT2D eigenvalue weighted by atomic mass is 9.81. The Kier molecular flexibility index (Phi) is 6.98. The van der Waals surface area contributed by atoms with Crippen LogP contribution in [0.4, 0.5) is 17.1 Å². The normalized spacial score (nSPS) is 14.4. The van der Waals surface area contributed by atoms with E-state index in [1.165, 1.54) is 94.5 Å². The summed E-state index contributed by atoms with van der Waals surface area (Å²) in [6.45, 7) is 9.52. The van der Waals surface area contributed by atoms with Gasteiger partial charge in [0.25, 0.3) is 0 Å². The van der Waals surface area contributed by atoms with Crippen LogP contribution in [0.15, 0.2) is 182 Å². The lowest BCUT2D eigenvalue weighted by molar-refractivity contribution is 0.658. The first kappa shape index (κ1) is 32.8. The molecule has 0 saturated carbocycles. The van der Waals surface area contributed by atoms with Gasteiger partial charge in [0.15, 0.2) is 0 Å². The highest BCUT2D eigenvalue weighted by Crippen LogP contribution is 2.56. The fourth-order valence-corrected chi connectivity index (χ4v) is 10.1. The Morgan fingerprint density at radius 1 is 0.393 bits per heavy atom. The molecule has 0 saturated heterocycles. The van der Waals surface area contributed by atoms with Crippen molar-refractivity contribution < 1.29 is 0 Å². The summed E-state index contributed by atoms with van der Waals surface area (Å²) in [5.41, 5.74) is 20.1. The quantitative estimate of drug-likeness (QED) is 0.172. The van der Waals surface area contributed by atoms with Crippen molar-refractivity contribution in [2.45, 2.75) is 38.5 Å². The maximum Gasteiger partial charge on any atom is 0.0541 e. The summed E-state index contributed by atoms with van der Waals surface area (Å²) in [4.78, 5) is 2.52. The first-order valence-corrected chi connectivity index (χ1v) is 19.8. The summed E-state index contributed by atoms with van der Waals surface area (Å²) in [5, 5.41) is 2.51. The highest BCUT2D eigenvalue weighted by Gasteiger charge is 2.40. The van der Waals surface area contributed by atoms with Gasteiger partial charge in [-0.2, -0.15) is 0 Å². The minimum Gasteiger partial charge on any atom is -0.310 e. The third-order valence-electron chi connectivity index (χ3n) is 12.7. The number of benzene rings is 8. The minimum absolute atomic E-state index is 0.113. The second kappa shape index (κ2) is 11.9. The molecule has 268 valence electrons. The lowest BCUT2D eigenvalue weighted by Crippen LogP contribution is -2.21. The molecule has 2 heteroatoms. The van der Waals surface area contributed by atoms with Crippen LogP contribution in [0.3, 0.4) is 0 Å². The molecule has 0 fully saturated rings. The Bertz CT molecular complexity index is 3030. The highest BCUT2D eigenvalue weighted by molar-refractivity contribution is 6.10. The van der Waals surface area contributed by atoms with Crippen molar-refractivity contribution in [3.63, 3.8) is 0 Å². The van der Waals surface area contributed by atoms with Crippen LogP contribution in [0.1, 0.15) is 49.9 Å². The highest BCUT2D eigenvalue weighted by atomic mass is 15.1. The standard InChI is InChI=1S/C54H42N2/c1-53(2)46-24-11-8-20-40(46)42-30-29-39(34-48(42)53)55(51-27-15-23-44-41-21-9-12-25-47(41)54(3,4)52(44)51)38-19-14-16-35(32-38)36-28-31-50-45(33-36)43-22-10-13-26-49(43)56(50)37-17-6-5-7-18-37/h5-34H,1-4H3. The van der Waals surface area contributed by atoms with Crippen molar-refractivity contribution in [1.82, 2.24) is 4.57 Å². The molecule has 56 heavy (non-hydrogen) atoms. The number of fused-ring (bicyclic) bond motifs is 9. The molecule has 0 N–H and O–H groups in total. The molecule has 9 aromatic rings. The van der Waals surface area contributed by atoms with Gasteiger partial charge in [-0.05, 0) is 116 Å². The smallest absolute Gasteiger partial charge is 0.0541 e. The van der Waals surface area contributed by atoms with E-state index in [9.17, 15) is 0 Å². The van der Waals surface area contributed by atoms with E-state index >= 15 is 0 Å². The molecule has 2 nitrogen and oxygen atoms in total. The number of hydrogen-bond acceptors (Lipinski definition) is 1. The molecule has 8 aromatic carbocycles. The first-order valence-electron chi connectivity index (χ1n) is 19.8. The van der Waals surface area contributed by atoms with E-state index in [0.29, 0.717) is 0 Å². The van der Waals surface area contributed by atoms with Gasteiger partial charge < -0.3 is 9.47 Å². The van der Waals surface area contributed by atoms with Gasteiger partial charge in [0.05, 0.1) is 16.7 Å². The van der Waals surface area contributed by atoms with Crippen molar-refractivity contribution in [1.29, 1.82) is 0 Å². The van der Waals surface area contributed by atoms with E-state index in [0.717, 1.165) is 5.69 Å². The molecular formula is C54H42N2. The average Bonchev–Trinajstić information content (AvgIpc) is 3.78. The van der Waals surface area contributed by atoms with Crippen LogP contribution in [-0.2, 0) is 10.8 Å². The first-order chi connectivity index (χ1) is 27.3. The third kappa shape index (κ3) is 4.62. The van der Waals surface area contributed by atoms with Gasteiger partial charge in [-0.15, -0.1) is 0 Å². The minimum atomic E-state index is -0.178. The number of anilines is 3. The molecule has 0 aliphatic heterocycles. The Balaban J connectivity index is 1.11. The monoisotopic (exact) mass is 718 g/mol. The van der Waals surface area contributed by atoms with Gasteiger partial charge in [0.2, 0.25) is 0 Å². The average molecular weight is 719 g/mol. The summed E-state index contributed by atoms with van der Waals surface area (Å²) >= 11 is 0. The van der Waals surface area contributed by atoms with Gasteiger partial charge >= 0.3 is 0 Å². The fourth-order valence-electron chi connectivity index (χ4n) is 10.1. The molecule has 2 aliphatic rings. The number of nitrogens with zero attached hydrogens (tertiary/aromatic N) is 2. The van der Waals surface area contributed by atoms with E-state index in [2.05, 4.69) is 219 Å². The van der Waals surface area contributed by atoms with Crippen molar-refractivity contribution in [2.24, 2.45) is 0 Å². The van der Waals surface area contributed by atoms with Crippen LogP contribution in [-0.4, -0.2) is 4.57 Å². The van der Waals surface area contributed by atoms with Crippen LogP contribution in [0.25, 0.3) is 60.9 Å². The summed E-state index contributed by atoms with van der Waals surface area (Å²) in [5.74, 6) is 0. The molecule has 0 bridgehead atoms. The largest absolute Gasteiger partial charge is 0.310 e. The second-order valence-corrected chi connectivity index (χ2v) is 16.6. The molecule has 2 aliphatic carbocycles. The molecular weight excluding hydrogens is 677 g/mol. The van der Waals surface area contributed by atoms with E-state index in [1.807, 2.05) is 0 Å². The molecule has 0 unspecified atom stereocenters. The summed E-state index contributed by atoms with van der Waals surface area (Å²) in [6.07, 6.45) is 0. The van der Waals surface area contributed by atoms with E-state index in [1.54, 1.807) is 0 Å². The molecule has 0 radical (unpaired) electrons. The van der Waals surface area contributed by atoms with E-state index in [-0.39, 0.29) is 10.8 Å². The molecule has 0 spiro atoms. The Morgan fingerprint density at radius 3 is 1.82 bits per heavy atom. The summed E-state index contributed by atoms with van der Waals surface area (Å²) in [6, 6.07) is 67.5. The van der Waals surface area contributed by atoms with Crippen LogP contribution in [0.5, 0.6) is 0 Å². The Hall–Kier alpha value is -6.64. The number of hydrogen-bond donors (Lipinski definition) is 0. The van der Waals surface area contributed by atoms with Gasteiger partial charge in [-0.1, -0.05) is 149 Å². The molecule has 0 atom stereocenters. The molecule has 0 amide bonds. The summed E-state index contributed by atoms with van der Waals surface area (Å²) < 4.78 is 2.38. The number of aromatic nitrogens is 1. The zero-order valence-electron chi connectivity index (χ0n) is 32.2. The van der Waals surface area contributed by atoms with Crippen molar-refractivity contribution >= 4 is 38.9 Å². The predicted molar refractivity (Wildman–Crippen MR) is 236 cm³/mol. The maximum atomic E-state index is 2.52. The molecule has 11 rings (SSSR count). The van der Waals surface area contributed by atoms with Gasteiger partial charge in [-0.3, -0.25) is 0 Å². The van der Waals surface area contributed by atoms with Crippen LogP contribution < -0.4 is 4.90 Å². The predicted octanol–water partition coefficient (Wildman–Crippen LogP) is 14.5. The van der Waals surface area contributed by atoms with Gasteiger partial charge in [-0.25, -0.2) is 0 Å². The molecule has 1 aromatic heterocycles. The third-order valence-corrected chi connectivity index (χ3v) is 12.7. The van der Waals surface area contributed by atoms with E-state index < -0.39 is 0 Å². The van der Waals surface area contributed by atoms with Crippen LogP contribution >= 0.6 is 0 Å². The fraction of sp³-hybridized carbons (Fsp3) is 0.111. The Labute approximate surface area is 328 Å². The number of rotatable bonds is 5.